The molecule has 1 fully saturated rings. The average Bonchev–Trinajstić information content (AvgIpc) is 2.35. The van der Waals surface area contributed by atoms with Crippen LogP contribution in [0.2, 0.25) is 0 Å². The molecule has 0 spiro atoms. The van der Waals surface area contributed by atoms with Crippen LogP contribution in [0.3, 0.4) is 0 Å². The van der Waals surface area contributed by atoms with Crippen LogP contribution in [0.1, 0.15) is 26.3 Å². The van der Waals surface area contributed by atoms with E-state index in [1.165, 1.54) is 11.3 Å². The minimum Gasteiger partial charge on any atom is -0.372 e. The van der Waals surface area contributed by atoms with Crippen molar-refractivity contribution >= 4 is 5.69 Å². The summed E-state index contributed by atoms with van der Waals surface area (Å²) >= 11 is 0. The van der Waals surface area contributed by atoms with Gasteiger partial charge >= 0.3 is 0 Å². The lowest BCUT2D eigenvalue weighted by Gasteiger charge is -2.37. The van der Waals surface area contributed by atoms with Crippen LogP contribution in [0.25, 0.3) is 0 Å². The highest BCUT2D eigenvalue weighted by Crippen LogP contribution is 2.23. The summed E-state index contributed by atoms with van der Waals surface area (Å²) < 4.78 is 5.79. The van der Waals surface area contributed by atoms with E-state index in [-0.39, 0.29) is 12.2 Å². The van der Waals surface area contributed by atoms with Gasteiger partial charge in [0.25, 0.3) is 0 Å². The van der Waals surface area contributed by atoms with E-state index in [1.54, 1.807) is 0 Å². The molecular weight excluding hydrogens is 226 g/mol. The van der Waals surface area contributed by atoms with Crippen molar-refractivity contribution in [2.24, 2.45) is 0 Å². The first-order valence-electron chi connectivity index (χ1n) is 6.74. The number of aromatic nitrogens is 1. The Bertz CT molecular complexity index is 373. The number of hydrogen-bond acceptors (Lipinski definition) is 4. The Hall–Kier alpha value is -1.13. The van der Waals surface area contributed by atoms with Crippen molar-refractivity contribution in [2.75, 3.05) is 24.5 Å². The topological polar surface area (TPSA) is 37.4 Å². The highest BCUT2D eigenvalue weighted by atomic mass is 16.5. The van der Waals surface area contributed by atoms with Crippen molar-refractivity contribution in [2.45, 2.75) is 39.5 Å². The second-order valence-electron chi connectivity index (χ2n) is 4.95. The van der Waals surface area contributed by atoms with Crippen LogP contribution in [0.15, 0.2) is 18.5 Å². The summed E-state index contributed by atoms with van der Waals surface area (Å²) in [6.07, 6.45) is 4.40. The third kappa shape index (κ3) is 3.21. The lowest BCUT2D eigenvalue weighted by atomic mass is 10.1. The molecule has 4 heteroatoms. The standard InChI is InChI=1S/C14H23N3O/c1-4-15-7-13-8-16-6-5-14(13)17-9-11(2)18-12(3)10-17/h5-6,8,11-12,15H,4,7,9-10H2,1-3H3. The number of nitrogens with one attached hydrogen (secondary N) is 1. The maximum atomic E-state index is 5.79. The zero-order valence-corrected chi connectivity index (χ0v) is 11.5. The molecule has 0 bridgehead atoms. The first kappa shape index (κ1) is 13.3. The van der Waals surface area contributed by atoms with Gasteiger partial charge in [-0.2, -0.15) is 0 Å². The fourth-order valence-electron chi connectivity index (χ4n) is 2.50. The molecule has 0 radical (unpaired) electrons. The van der Waals surface area contributed by atoms with Gasteiger partial charge in [0.15, 0.2) is 0 Å². The summed E-state index contributed by atoms with van der Waals surface area (Å²) in [5, 5.41) is 3.37. The van der Waals surface area contributed by atoms with Gasteiger partial charge < -0.3 is 15.0 Å². The first-order chi connectivity index (χ1) is 8.70. The molecule has 2 atom stereocenters. The number of hydrogen-bond donors (Lipinski definition) is 1. The van der Waals surface area contributed by atoms with E-state index >= 15 is 0 Å². The van der Waals surface area contributed by atoms with Gasteiger partial charge in [-0.15, -0.1) is 0 Å². The van der Waals surface area contributed by atoms with Crippen molar-refractivity contribution in [3.05, 3.63) is 24.0 Å². The molecule has 0 aliphatic carbocycles. The fourth-order valence-corrected chi connectivity index (χ4v) is 2.50. The van der Waals surface area contributed by atoms with Gasteiger partial charge in [0.05, 0.1) is 12.2 Å². The summed E-state index contributed by atoms with van der Waals surface area (Å²) in [6, 6.07) is 2.11. The molecule has 2 heterocycles. The minimum absolute atomic E-state index is 0.286. The monoisotopic (exact) mass is 249 g/mol. The number of pyridine rings is 1. The Morgan fingerprint density at radius 2 is 2.11 bits per heavy atom. The molecule has 0 saturated carbocycles. The molecule has 18 heavy (non-hydrogen) atoms. The summed E-state index contributed by atoms with van der Waals surface area (Å²) in [5.41, 5.74) is 2.55. The summed E-state index contributed by atoms with van der Waals surface area (Å²) in [5.74, 6) is 0. The molecule has 1 N–H and O–H groups in total. The zero-order chi connectivity index (χ0) is 13.0. The second kappa shape index (κ2) is 6.16. The van der Waals surface area contributed by atoms with Crippen LogP contribution in [-0.2, 0) is 11.3 Å². The molecular formula is C14H23N3O. The smallest absolute Gasteiger partial charge is 0.0726 e. The Morgan fingerprint density at radius 3 is 2.78 bits per heavy atom. The van der Waals surface area contributed by atoms with Gasteiger partial charge in [-0.25, -0.2) is 0 Å². The molecule has 1 aromatic rings. The van der Waals surface area contributed by atoms with Crippen LogP contribution in [-0.4, -0.2) is 36.8 Å². The van der Waals surface area contributed by atoms with Crippen LogP contribution >= 0.6 is 0 Å². The van der Waals surface area contributed by atoms with Crippen molar-refractivity contribution in [3.8, 4) is 0 Å². The highest BCUT2D eigenvalue weighted by molar-refractivity contribution is 5.52. The van der Waals surface area contributed by atoms with Crippen molar-refractivity contribution < 1.29 is 4.74 Å². The highest BCUT2D eigenvalue weighted by Gasteiger charge is 2.23. The van der Waals surface area contributed by atoms with E-state index < -0.39 is 0 Å². The SMILES string of the molecule is CCNCc1cnccc1N1CC(C)OC(C)C1. The molecule has 0 amide bonds. The van der Waals surface area contributed by atoms with Crippen LogP contribution in [0.5, 0.6) is 0 Å². The van der Waals surface area contributed by atoms with E-state index in [9.17, 15) is 0 Å². The van der Waals surface area contributed by atoms with Crippen LogP contribution in [0, 0.1) is 0 Å². The third-order valence-corrected chi connectivity index (χ3v) is 3.20. The first-order valence-corrected chi connectivity index (χ1v) is 6.74. The van der Waals surface area contributed by atoms with Gasteiger partial charge in [0, 0.05) is 43.3 Å². The number of nitrogens with zero attached hydrogens (tertiary/aromatic N) is 2. The Kier molecular flexibility index (Phi) is 4.55. The normalized spacial score (nSPS) is 24.3. The molecule has 1 saturated heterocycles. The maximum absolute atomic E-state index is 5.79. The average molecular weight is 249 g/mol. The van der Waals surface area contributed by atoms with E-state index in [0.29, 0.717) is 0 Å². The summed E-state index contributed by atoms with van der Waals surface area (Å²) in [7, 11) is 0. The van der Waals surface area contributed by atoms with E-state index in [2.05, 4.69) is 42.0 Å². The van der Waals surface area contributed by atoms with Gasteiger partial charge in [-0.05, 0) is 26.5 Å². The van der Waals surface area contributed by atoms with Crippen LogP contribution in [0.4, 0.5) is 5.69 Å². The summed E-state index contributed by atoms with van der Waals surface area (Å²) in [4.78, 5) is 6.64. The van der Waals surface area contributed by atoms with Gasteiger partial charge in [0.1, 0.15) is 0 Å². The Morgan fingerprint density at radius 1 is 1.39 bits per heavy atom. The van der Waals surface area contributed by atoms with Crippen LogP contribution < -0.4 is 10.2 Å². The van der Waals surface area contributed by atoms with Crippen molar-refractivity contribution in [1.82, 2.24) is 10.3 Å². The van der Waals surface area contributed by atoms with E-state index in [1.807, 2.05) is 12.4 Å². The largest absolute Gasteiger partial charge is 0.372 e. The van der Waals surface area contributed by atoms with E-state index in [4.69, 9.17) is 4.74 Å². The molecule has 100 valence electrons. The number of rotatable bonds is 4. The lowest BCUT2D eigenvalue weighted by molar-refractivity contribution is -0.00527. The summed E-state index contributed by atoms with van der Waals surface area (Å²) in [6.45, 7) is 10.1. The molecule has 0 aromatic carbocycles. The predicted octanol–water partition coefficient (Wildman–Crippen LogP) is 1.80. The lowest BCUT2D eigenvalue weighted by Crippen LogP contribution is -2.46. The van der Waals surface area contributed by atoms with Gasteiger partial charge in [-0.3, -0.25) is 4.98 Å². The quantitative estimate of drug-likeness (QED) is 0.883. The van der Waals surface area contributed by atoms with Crippen molar-refractivity contribution in [3.63, 3.8) is 0 Å². The fraction of sp³-hybridized carbons (Fsp3) is 0.643. The molecule has 2 rings (SSSR count). The second-order valence-corrected chi connectivity index (χ2v) is 4.95. The molecule has 4 nitrogen and oxygen atoms in total. The maximum Gasteiger partial charge on any atom is 0.0726 e. The number of morpholine rings is 1. The minimum atomic E-state index is 0.286. The van der Waals surface area contributed by atoms with Gasteiger partial charge in [0.2, 0.25) is 0 Å². The van der Waals surface area contributed by atoms with Crippen molar-refractivity contribution in [1.29, 1.82) is 0 Å². The Balaban J connectivity index is 2.15. The molecule has 2 unspecified atom stereocenters. The number of anilines is 1. The van der Waals surface area contributed by atoms with E-state index in [0.717, 1.165) is 26.2 Å². The molecule has 1 aromatic heterocycles. The molecule has 1 aliphatic rings. The predicted molar refractivity (Wildman–Crippen MR) is 73.8 cm³/mol. The third-order valence-electron chi connectivity index (χ3n) is 3.20. The zero-order valence-electron chi connectivity index (χ0n) is 11.5. The van der Waals surface area contributed by atoms with Gasteiger partial charge in [-0.1, -0.05) is 6.92 Å². The number of ether oxygens (including phenoxy) is 1. The molecule has 1 aliphatic heterocycles. The Labute approximate surface area is 109 Å².